The molecule has 3 atom stereocenters. The number of rotatable bonds is 52. The van der Waals surface area contributed by atoms with E-state index in [1.807, 2.05) is 18.2 Å². The predicted octanol–water partition coefficient (Wildman–Crippen LogP) is 17.4. The molecular weight excluding hydrogens is 976 g/mol. The SMILES string of the molecule is CC/C=C\C/C=C\C/C=C\C/C=C\C/C=C\CCCCCC(=O)OCC(COP(=O)(O)OCC(CO)OC(=O)CCCCCCC/C=C\CCCCCCCC)OC(=O)C/C=C\C/C=C\C/C=C\C/C=C\C/C=C\CC. The topological polar surface area (TPSA) is 155 Å². The van der Waals surface area contributed by atoms with Gasteiger partial charge in [0.1, 0.15) is 12.7 Å². The fourth-order valence-electron chi connectivity index (χ4n) is 7.22. The molecule has 0 aromatic rings. The molecule has 0 aromatic carbocycles. The molecule has 0 saturated carbocycles. The third-order valence-electron chi connectivity index (χ3n) is 11.6. The zero-order valence-corrected chi connectivity index (χ0v) is 48.3. The summed E-state index contributed by atoms with van der Waals surface area (Å²) < 4.78 is 39.3. The molecule has 11 nitrogen and oxygen atoms in total. The normalized spacial score (nSPS) is 14.3. The first-order valence-corrected chi connectivity index (χ1v) is 30.6. The average Bonchev–Trinajstić information content (AvgIpc) is 3.41. The molecule has 0 heterocycles. The summed E-state index contributed by atoms with van der Waals surface area (Å²) in [7, 11) is -4.79. The van der Waals surface area contributed by atoms with Gasteiger partial charge in [-0.25, -0.2) is 4.57 Å². The Balaban J connectivity index is 4.89. The van der Waals surface area contributed by atoms with Crippen molar-refractivity contribution in [2.75, 3.05) is 26.4 Å². The van der Waals surface area contributed by atoms with Crippen molar-refractivity contribution < 1.29 is 52.2 Å². The minimum atomic E-state index is -4.79. The summed E-state index contributed by atoms with van der Waals surface area (Å²) in [6, 6.07) is 0. The predicted molar refractivity (Wildman–Crippen MR) is 316 cm³/mol. The summed E-state index contributed by atoms with van der Waals surface area (Å²) in [6.45, 7) is 4.24. The molecule has 3 unspecified atom stereocenters. The maximum absolute atomic E-state index is 12.9. The summed E-state index contributed by atoms with van der Waals surface area (Å²) in [5.74, 6) is -1.68. The Bertz CT molecular complexity index is 1780. The largest absolute Gasteiger partial charge is 0.472 e. The first kappa shape index (κ1) is 71.6. The maximum Gasteiger partial charge on any atom is 0.472 e. The second-order valence-corrected chi connectivity index (χ2v) is 20.2. The monoisotopic (exact) mass is 1080 g/mol. The lowest BCUT2D eigenvalue weighted by Crippen LogP contribution is -2.30. The standard InChI is InChI=1S/C64H103O11P/c1-4-7-10-13-16-19-22-25-28-29-30-31-34-35-38-41-44-47-50-53-62(66)71-57-61(75-64(68)55-52-49-46-43-40-37-33-27-24-21-18-15-12-9-6-3)59-73-76(69,70)72-58-60(56-65)74-63(67)54-51-48-45-42-39-36-32-26-23-20-17-14-11-8-5-2/h7,9-10,12,16,18-19,21,25-28,30-33,35,38,40,43,49,52,60-61,65H,4-6,8,11,13-15,17,20,22-24,29,34,36-37,39,41-42,44-48,50-51,53-59H2,1-3H3,(H,69,70)/b10-7-,12-9-,19-16-,21-18-,28-25-,31-30-,32-26-,33-27-,38-35-,43-40-,52-49-. The summed E-state index contributed by atoms with van der Waals surface area (Å²) >= 11 is 0. The van der Waals surface area contributed by atoms with Crippen molar-refractivity contribution >= 4 is 25.7 Å². The van der Waals surface area contributed by atoms with E-state index in [1.54, 1.807) is 6.08 Å². The Hall–Kier alpha value is -4.38. The zero-order valence-electron chi connectivity index (χ0n) is 47.4. The van der Waals surface area contributed by atoms with Gasteiger partial charge in [0.25, 0.3) is 0 Å². The third kappa shape index (κ3) is 54.4. The first-order valence-electron chi connectivity index (χ1n) is 29.1. The molecule has 0 spiro atoms. The highest BCUT2D eigenvalue weighted by atomic mass is 31.2. The van der Waals surface area contributed by atoms with Crippen LogP contribution in [0.2, 0.25) is 0 Å². The molecular formula is C64H103O11P. The van der Waals surface area contributed by atoms with Crippen molar-refractivity contribution in [1.29, 1.82) is 0 Å². The second kappa shape index (κ2) is 56.8. The van der Waals surface area contributed by atoms with Crippen LogP contribution in [0, 0.1) is 0 Å². The molecule has 12 heteroatoms. The highest BCUT2D eigenvalue weighted by Crippen LogP contribution is 2.43. The van der Waals surface area contributed by atoms with Gasteiger partial charge < -0.3 is 24.2 Å². The van der Waals surface area contributed by atoms with Crippen LogP contribution in [0.15, 0.2) is 134 Å². The van der Waals surface area contributed by atoms with Gasteiger partial charge in [0.05, 0.1) is 26.2 Å². The van der Waals surface area contributed by atoms with E-state index in [4.69, 9.17) is 23.3 Å². The molecule has 0 aliphatic heterocycles. The van der Waals surface area contributed by atoms with Crippen LogP contribution in [0.5, 0.6) is 0 Å². The van der Waals surface area contributed by atoms with Crippen LogP contribution >= 0.6 is 7.82 Å². The van der Waals surface area contributed by atoms with E-state index in [1.165, 1.54) is 38.5 Å². The number of carbonyl (C=O) groups is 3. The Kier molecular flexibility index (Phi) is 53.5. The van der Waals surface area contributed by atoms with Crippen molar-refractivity contribution in [3.8, 4) is 0 Å². The minimum absolute atomic E-state index is 0.0797. The van der Waals surface area contributed by atoms with Gasteiger partial charge in [-0.2, -0.15) is 0 Å². The lowest BCUT2D eigenvalue weighted by molar-refractivity contribution is -0.160. The van der Waals surface area contributed by atoms with E-state index in [0.29, 0.717) is 19.3 Å². The molecule has 430 valence electrons. The number of aliphatic hydroxyl groups is 1. The highest BCUT2D eigenvalue weighted by molar-refractivity contribution is 7.47. The van der Waals surface area contributed by atoms with E-state index in [0.717, 1.165) is 116 Å². The third-order valence-corrected chi connectivity index (χ3v) is 12.5. The van der Waals surface area contributed by atoms with Crippen molar-refractivity contribution in [1.82, 2.24) is 0 Å². The number of ether oxygens (including phenoxy) is 3. The molecule has 0 aromatic heterocycles. The number of esters is 3. The van der Waals surface area contributed by atoms with Gasteiger partial charge in [-0.05, 0) is 116 Å². The van der Waals surface area contributed by atoms with Crippen molar-refractivity contribution in [2.24, 2.45) is 0 Å². The number of unbranched alkanes of at least 4 members (excludes halogenated alkanes) is 14. The maximum atomic E-state index is 12.9. The number of phosphoric ester groups is 1. The second-order valence-electron chi connectivity index (χ2n) is 18.7. The summed E-state index contributed by atoms with van der Waals surface area (Å²) in [4.78, 5) is 48.5. The van der Waals surface area contributed by atoms with Crippen LogP contribution < -0.4 is 0 Å². The molecule has 0 rings (SSSR count). The van der Waals surface area contributed by atoms with E-state index < -0.39 is 64.4 Å². The van der Waals surface area contributed by atoms with Crippen LogP contribution in [0.3, 0.4) is 0 Å². The van der Waals surface area contributed by atoms with Gasteiger partial charge >= 0.3 is 25.7 Å². The fourth-order valence-corrected chi connectivity index (χ4v) is 8.00. The smallest absolute Gasteiger partial charge is 0.462 e. The van der Waals surface area contributed by atoms with Crippen LogP contribution in [-0.4, -0.2) is 66.5 Å². The van der Waals surface area contributed by atoms with E-state index >= 15 is 0 Å². The van der Waals surface area contributed by atoms with Gasteiger partial charge in [-0.15, -0.1) is 0 Å². The number of hydrogen-bond donors (Lipinski definition) is 2. The molecule has 0 bridgehead atoms. The molecule has 0 radical (unpaired) electrons. The molecule has 0 aliphatic carbocycles. The minimum Gasteiger partial charge on any atom is -0.462 e. The van der Waals surface area contributed by atoms with Crippen LogP contribution in [0.4, 0.5) is 0 Å². The van der Waals surface area contributed by atoms with Gasteiger partial charge in [-0.1, -0.05) is 212 Å². The molecule has 0 amide bonds. The van der Waals surface area contributed by atoms with E-state index in [-0.39, 0.29) is 19.3 Å². The molecule has 0 saturated heterocycles. The number of aliphatic hydroxyl groups excluding tert-OH is 1. The van der Waals surface area contributed by atoms with E-state index in [9.17, 15) is 28.9 Å². The molecule has 0 fully saturated rings. The summed E-state index contributed by atoms with van der Waals surface area (Å²) in [6.07, 6.45) is 71.6. The number of allylic oxidation sites excluding steroid dienone is 21. The Labute approximate surface area is 461 Å². The van der Waals surface area contributed by atoms with Crippen LogP contribution in [0.1, 0.15) is 213 Å². The molecule has 0 aliphatic rings. The van der Waals surface area contributed by atoms with Crippen LogP contribution in [0.25, 0.3) is 0 Å². The number of hydrogen-bond acceptors (Lipinski definition) is 10. The molecule has 2 N–H and O–H groups in total. The Morgan fingerprint density at radius 3 is 1.18 bits per heavy atom. The van der Waals surface area contributed by atoms with Gasteiger partial charge in [0, 0.05) is 12.8 Å². The lowest BCUT2D eigenvalue weighted by atomic mass is 10.1. The zero-order chi connectivity index (χ0) is 55.5. The van der Waals surface area contributed by atoms with Gasteiger partial charge in [-0.3, -0.25) is 23.4 Å². The van der Waals surface area contributed by atoms with Gasteiger partial charge in [0.2, 0.25) is 0 Å². The average molecular weight is 1080 g/mol. The van der Waals surface area contributed by atoms with Crippen LogP contribution in [-0.2, 0) is 42.2 Å². The highest BCUT2D eigenvalue weighted by Gasteiger charge is 2.28. The Morgan fingerprint density at radius 2 is 0.737 bits per heavy atom. The number of phosphoric acid groups is 1. The first-order chi connectivity index (χ1) is 37.2. The quantitative estimate of drug-likeness (QED) is 0.0197. The lowest BCUT2D eigenvalue weighted by Gasteiger charge is -2.21. The van der Waals surface area contributed by atoms with Gasteiger partial charge in [0.15, 0.2) is 6.10 Å². The van der Waals surface area contributed by atoms with Crippen molar-refractivity contribution in [3.05, 3.63) is 134 Å². The fraction of sp³-hybridized carbons (Fsp3) is 0.609. The van der Waals surface area contributed by atoms with Crippen molar-refractivity contribution in [2.45, 2.75) is 226 Å². The van der Waals surface area contributed by atoms with E-state index in [2.05, 4.69) is 130 Å². The number of carbonyl (C=O) groups excluding carboxylic acids is 3. The summed E-state index contributed by atoms with van der Waals surface area (Å²) in [5, 5.41) is 9.82. The van der Waals surface area contributed by atoms with Crippen molar-refractivity contribution in [3.63, 3.8) is 0 Å². The molecule has 76 heavy (non-hydrogen) atoms. The Morgan fingerprint density at radius 1 is 0.395 bits per heavy atom. The summed E-state index contributed by atoms with van der Waals surface area (Å²) in [5.41, 5.74) is 0.